The Labute approximate surface area is 164 Å². The molecule has 2 aromatic rings. The molecule has 0 fully saturated rings. The van der Waals surface area contributed by atoms with Gasteiger partial charge < -0.3 is 15.2 Å². The van der Waals surface area contributed by atoms with Crippen LogP contribution in [0.25, 0.3) is 0 Å². The number of hydrogen-bond donors (Lipinski definition) is 2. The number of amides is 1. The average Bonchev–Trinajstić information content (AvgIpc) is 2.54. The number of ether oxygens (including phenoxy) is 1. The molecule has 0 aliphatic carbocycles. The molecule has 25 heavy (non-hydrogen) atoms. The number of anilines is 1. The summed E-state index contributed by atoms with van der Waals surface area (Å²) in [5.74, 6) is -1.08. The Bertz CT molecular complexity index is 830. The molecule has 0 saturated heterocycles. The molecule has 0 aliphatic heterocycles. The van der Waals surface area contributed by atoms with E-state index in [0.29, 0.717) is 11.3 Å². The highest BCUT2D eigenvalue weighted by Crippen LogP contribution is 2.38. The van der Waals surface area contributed by atoms with Gasteiger partial charge in [0.25, 0.3) is 5.91 Å². The number of rotatable bonds is 4. The molecule has 0 atom stereocenters. The van der Waals surface area contributed by atoms with Gasteiger partial charge in [-0.2, -0.15) is 0 Å². The van der Waals surface area contributed by atoms with Crippen LogP contribution in [0, 0.1) is 0 Å². The highest BCUT2D eigenvalue weighted by molar-refractivity contribution is 14.1. The largest absolute Gasteiger partial charge is 0.507 e. The molecule has 2 rings (SSSR count). The summed E-state index contributed by atoms with van der Waals surface area (Å²) in [4.78, 5) is 24.0. The summed E-state index contributed by atoms with van der Waals surface area (Å²) in [5.41, 5.74) is 1.42. The third-order valence-corrected chi connectivity index (χ3v) is 4.45. The van der Waals surface area contributed by atoms with Crippen LogP contribution in [-0.4, -0.2) is 24.1 Å². The van der Waals surface area contributed by atoms with Crippen molar-refractivity contribution in [2.24, 2.45) is 0 Å². The molecule has 2 aromatic carbocycles. The highest BCUT2D eigenvalue weighted by Gasteiger charge is 2.24. The zero-order chi connectivity index (χ0) is 18.8. The van der Waals surface area contributed by atoms with Gasteiger partial charge in [0, 0.05) is 8.99 Å². The van der Waals surface area contributed by atoms with Crippen molar-refractivity contribution in [2.45, 2.75) is 17.3 Å². The van der Waals surface area contributed by atoms with E-state index in [9.17, 15) is 14.7 Å². The zero-order valence-electron chi connectivity index (χ0n) is 13.9. The summed E-state index contributed by atoms with van der Waals surface area (Å²) < 4.78 is 4.29. The number of phenolic OH excluding ortho intramolecular Hbond substituents is 1. The minimum absolute atomic E-state index is 0.0679. The Balaban J connectivity index is 2.31. The van der Waals surface area contributed by atoms with E-state index in [4.69, 9.17) is 11.6 Å². The second kappa shape index (κ2) is 7.61. The smallest absolute Gasteiger partial charge is 0.337 e. The maximum atomic E-state index is 12.5. The van der Waals surface area contributed by atoms with Crippen LogP contribution >= 0.6 is 34.2 Å². The minimum atomic E-state index is -0.519. The number of phenols is 1. The number of aromatic hydroxyl groups is 1. The number of methoxy groups -OCH3 is 1. The molecule has 0 unspecified atom stereocenters. The Hall–Kier alpha value is -1.80. The van der Waals surface area contributed by atoms with Crippen molar-refractivity contribution >= 4 is 51.8 Å². The Kier molecular flexibility index (Phi) is 5.95. The Morgan fingerprint density at radius 1 is 1.24 bits per heavy atom. The van der Waals surface area contributed by atoms with Gasteiger partial charge in [0.1, 0.15) is 5.75 Å². The molecule has 0 heterocycles. The monoisotopic (exact) mass is 473 g/mol. The molecule has 0 bridgehead atoms. The number of benzene rings is 2. The van der Waals surface area contributed by atoms with E-state index in [1.54, 1.807) is 12.1 Å². The summed E-state index contributed by atoms with van der Waals surface area (Å²) in [6.07, 6.45) is 0. The van der Waals surface area contributed by atoms with Crippen LogP contribution in [0.1, 0.15) is 40.1 Å². The van der Waals surface area contributed by atoms with Crippen molar-refractivity contribution < 1.29 is 19.4 Å². The summed E-state index contributed by atoms with van der Waals surface area (Å²) in [7, 11) is 1.27. The van der Waals surface area contributed by atoms with Gasteiger partial charge in [0.15, 0.2) is 0 Å². The molecule has 5 nitrogen and oxygen atoms in total. The zero-order valence-corrected chi connectivity index (χ0v) is 16.8. The van der Waals surface area contributed by atoms with Crippen molar-refractivity contribution in [3.63, 3.8) is 0 Å². The van der Waals surface area contributed by atoms with E-state index in [1.807, 2.05) is 13.8 Å². The topological polar surface area (TPSA) is 75.6 Å². The Morgan fingerprint density at radius 2 is 1.92 bits per heavy atom. The molecule has 0 saturated carbocycles. The molecule has 132 valence electrons. The third kappa shape index (κ3) is 4.43. The van der Waals surface area contributed by atoms with Crippen LogP contribution in [0.4, 0.5) is 5.69 Å². The maximum Gasteiger partial charge on any atom is 0.337 e. The molecule has 0 aliphatic rings. The first-order valence-corrected chi connectivity index (χ1v) is 8.81. The highest BCUT2D eigenvalue weighted by atomic mass is 127. The van der Waals surface area contributed by atoms with Gasteiger partial charge in [-0.1, -0.05) is 46.3 Å². The minimum Gasteiger partial charge on any atom is -0.507 e. The second-order valence-corrected chi connectivity index (χ2v) is 8.92. The van der Waals surface area contributed by atoms with Gasteiger partial charge in [-0.15, -0.1) is 0 Å². The fourth-order valence-corrected chi connectivity index (χ4v) is 2.92. The van der Waals surface area contributed by atoms with Crippen molar-refractivity contribution in [3.8, 4) is 5.75 Å². The fraction of sp³-hybridized carbons (Fsp3) is 0.222. The van der Waals surface area contributed by atoms with Crippen LogP contribution in [0.15, 0.2) is 36.4 Å². The number of carbonyl (C=O) groups excluding carboxylic acids is 2. The number of hydrogen-bond acceptors (Lipinski definition) is 4. The lowest BCUT2D eigenvalue weighted by Gasteiger charge is -2.20. The van der Waals surface area contributed by atoms with Crippen molar-refractivity contribution in [1.29, 1.82) is 0 Å². The Morgan fingerprint density at radius 3 is 2.48 bits per heavy atom. The summed E-state index contributed by atoms with van der Waals surface area (Å²) in [5, 5.41) is 13.3. The van der Waals surface area contributed by atoms with E-state index in [2.05, 4.69) is 32.6 Å². The molecule has 2 N–H and O–H groups in total. The molecule has 7 heteroatoms. The van der Waals surface area contributed by atoms with Gasteiger partial charge >= 0.3 is 5.97 Å². The van der Waals surface area contributed by atoms with Gasteiger partial charge in [-0.25, -0.2) is 4.79 Å². The molecular weight excluding hydrogens is 457 g/mol. The summed E-state index contributed by atoms with van der Waals surface area (Å²) >= 11 is 8.31. The predicted octanol–water partition coefficient (Wildman–Crippen LogP) is 4.75. The van der Waals surface area contributed by atoms with Crippen molar-refractivity contribution in [1.82, 2.24) is 0 Å². The van der Waals surface area contributed by atoms with Gasteiger partial charge in [-0.05, 0) is 38.1 Å². The lowest BCUT2D eigenvalue weighted by molar-refractivity contribution is 0.0600. The molecule has 1 amide bonds. The number of nitrogens with one attached hydrogen (secondary N) is 1. The number of carbonyl (C=O) groups is 2. The summed E-state index contributed by atoms with van der Waals surface area (Å²) in [6.45, 7) is 3.87. The van der Waals surface area contributed by atoms with Crippen LogP contribution in [0.3, 0.4) is 0 Å². The first-order chi connectivity index (χ1) is 11.6. The third-order valence-electron chi connectivity index (χ3n) is 3.56. The van der Waals surface area contributed by atoms with Gasteiger partial charge in [-0.3, -0.25) is 4.79 Å². The second-order valence-electron chi connectivity index (χ2n) is 5.81. The van der Waals surface area contributed by atoms with Crippen molar-refractivity contribution in [3.05, 3.63) is 58.1 Å². The van der Waals surface area contributed by atoms with E-state index in [1.165, 1.54) is 31.4 Å². The van der Waals surface area contributed by atoms with E-state index >= 15 is 0 Å². The van der Waals surface area contributed by atoms with E-state index in [-0.39, 0.29) is 25.3 Å². The number of halogens is 2. The van der Waals surface area contributed by atoms with E-state index < -0.39 is 11.9 Å². The maximum absolute atomic E-state index is 12.5. The number of para-hydroxylation sites is 1. The fourth-order valence-electron chi connectivity index (χ4n) is 2.26. The van der Waals surface area contributed by atoms with Crippen LogP contribution in [0.2, 0.25) is 5.02 Å². The van der Waals surface area contributed by atoms with E-state index in [0.717, 1.165) is 0 Å². The quantitative estimate of drug-likeness (QED) is 0.382. The van der Waals surface area contributed by atoms with Crippen molar-refractivity contribution in [2.75, 3.05) is 12.4 Å². The van der Waals surface area contributed by atoms with Gasteiger partial charge in [0.05, 0.1) is 28.9 Å². The summed E-state index contributed by atoms with van der Waals surface area (Å²) in [6, 6.07) is 9.44. The normalized spacial score (nSPS) is 11.1. The lowest BCUT2D eigenvalue weighted by Crippen LogP contribution is -2.15. The first-order valence-electron chi connectivity index (χ1n) is 7.35. The average molecular weight is 474 g/mol. The standard InChI is InChI=1S/C18H17ClINO4/c1-18(2,20)12-6-4-5-11(15(12)22)16(23)21-14-8-7-10(9-13(14)19)17(24)25-3/h4-9,22H,1-3H3,(H,21,23). The van der Waals surface area contributed by atoms with Gasteiger partial charge in [0.2, 0.25) is 0 Å². The SMILES string of the molecule is COC(=O)c1ccc(NC(=O)c2cccc(C(C)(C)I)c2O)c(Cl)c1. The predicted molar refractivity (Wildman–Crippen MR) is 106 cm³/mol. The molecular formula is C18H17ClINO4. The van der Waals surface area contributed by atoms with Crippen LogP contribution in [0.5, 0.6) is 5.75 Å². The van der Waals surface area contributed by atoms with Crippen LogP contribution in [-0.2, 0) is 8.16 Å². The molecule has 0 radical (unpaired) electrons. The number of alkyl halides is 1. The first kappa shape index (κ1) is 19.5. The van der Waals surface area contributed by atoms with Crippen LogP contribution < -0.4 is 5.32 Å². The molecule has 0 aromatic heterocycles. The molecule has 0 spiro atoms. The lowest BCUT2D eigenvalue weighted by atomic mass is 9.98. The number of esters is 1.